The SMILES string of the molecule is CN(C)Cc1ccc(C(=O)O)c(-c2ccc(C(F)(F)F)cc2)c1. The van der Waals surface area contributed by atoms with Crippen LogP contribution in [0.25, 0.3) is 11.1 Å². The Balaban J connectivity index is 2.49. The minimum atomic E-state index is -4.42. The van der Waals surface area contributed by atoms with Gasteiger partial charge < -0.3 is 10.0 Å². The minimum absolute atomic E-state index is 0.0623. The number of carboxylic acid groups (broad SMARTS) is 1. The Kier molecular flexibility index (Phi) is 4.75. The lowest BCUT2D eigenvalue weighted by Gasteiger charge is -2.14. The number of hydrogen-bond acceptors (Lipinski definition) is 2. The van der Waals surface area contributed by atoms with Crippen molar-refractivity contribution in [3.8, 4) is 11.1 Å². The lowest BCUT2D eigenvalue weighted by Crippen LogP contribution is -2.11. The van der Waals surface area contributed by atoms with Crippen molar-refractivity contribution in [1.29, 1.82) is 0 Å². The molecule has 2 aromatic rings. The van der Waals surface area contributed by atoms with Crippen molar-refractivity contribution in [2.75, 3.05) is 14.1 Å². The summed E-state index contributed by atoms with van der Waals surface area (Å²) in [6, 6.07) is 9.39. The lowest BCUT2D eigenvalue weighted by molar-refractivity contribution is -0.137. The first kappa shape index (κ1) is 17.0. The van der Waals surface area contributed by atoms with Gasteiger partial charge in [-0.1, -0.05) is 18.2 Å². The summed E-state index contributed by atoms with van der Waals surface area (Å²) in [5, 5.41) is 9.29. The normalized spacial score (nSPS) is 11.7. The van der Waals surface area contributed by atoms with Crippen molar-refractivity contribution < 1.29 is 23.1 Å². The summed E-state index contributed by atoms with van der Waals surface area (Å²) in [6.07, 6.45) is -4.42. The van der Waals surface area contributed by atoms with Gasteiger partial charge in [-0.05, 0) is 55.1 Å². The third kappa shape index (κ3) is 4.10. The molecular weight excluding hydrogens is 307 g/mol. The van der Waals surface area contributed by atoms with Crippen molar-refractivity contribution in [3.63, 3.8) is 0 Å². The molecule has 0 radical (unpaired) electrons. The summed E-state index contributed by atoms with van der Waals surface area (Å²) in [4.78, 5) is 13.3. The summed E-state index contributed by atoms with van der Waals surface area (Å²) in [6.45, 7) is 0.605. The molecule has 0 aromatic heterocycles. The van der Waals surface area contributed by atoms with E-state index in [9.17, 15) is 23.1 Å². The number of aromatic carboxylic acids is 1. The van der Waals surface area contributed by atoms with Crippen LogP contribution in [0.15, 0.2) is 42.5 Å². The zero-order chi connectivity index (χ0) is 17.2. The number of hydrogen-bond donors (Lipinski definition) is 1. The quantitative estimate of drug-likeness (QED) is 0.919. The number of carbonyl (C=O) groups is 1. The molecule has 0 atom stereocenters. The summed E-state index contributed by atoms with van der Waals surface area (Å²) < 4.78 is 37.9. The lowest BCUT2D eigenvalue weighted by atomic mass is 9.96. The van der Waals surface area contributed by atoms with Gasteiger partial charge in [0.1, 0.15) is 0 Å². The molecule has 0 aliphatic rings. The molecule has 122 valence electrons. The van der Waals surface area contributed by atoms with Gasteiger partial charge in [-0.25, -0.2) is 4.79 Å². The molecule has 1 N–H and O–H groups in total. The molecule has 0 saturated carbocycles. The Morgan fingerprint density at radius 3 is 2.17 bits per heavy atom. The summed E-state index contributed by atoms with van der Waals surface area (Å²) in [7, 11) is 3.76. The van der Waals surface area contributed by atoms with Crippen molar-refractivity contribution in [2.45, 2.75) is 12.7 Å². The van der Waals surface area contributed by atoms with Crippen molar-refractivity contribution in [2.24, 2.45) is 0 Å². The van der Waals surface area contributed by atoms with E-state index in [0.29, 0.717) is 17.7 Å². The second-order valence-corrected chi connectivity index (χ2v) is 5.50. The summed E-state index contributed by atoms with van der Waals surface area (Å²) in [5.74, 6) is -1.11. The topological polar surface area (TPSA) is 40.5 Å². The molecule has 0 spiro atoms. The highest BCUT2D eigenvalue weighted by molar-refractivity contribution is 5.96. The van der Waals surface area contributed by atoms with Gasteiger partial charge in [0.05, 0.1) is 11.1 Å². The average Bonchev–Trinajstić information content (AvgIpc) is 2.45. The Morgan fingerprint density at radius 2 is 1.70 bits per heavy atom. The maximum absolute atomic E-state index is 12.6. The van der Waals surface area contributed by atoms with Gasteiger partial charge in [0.15, 0.2) is 0 Å². The van der Waals surface area contributed by atoms with E-state index in [1.165, 1.54) is 18.2 Å². The largest absolute Gasteiger partial charge is 0.478 e. The Morgan fingerprint density at radius 1 is 1.09 bits per heavy atom. The van der Waals surface area contributed by atoms with Crippen LogP contribution in [0.3, 0.4) is 0 Å². The molecule has 0 aliphatic carbocycles. The van der Waals surface area contributed by atoms with Gasteiger partial charge in [-0.3, -0.25) is 0 Å². The van der Waals surface area contributed by atoms with Crippen LogP contribution in [0, 0.1) is 0 Å². The van der Waals surface area contributed by atoms with E-state index in [0.717, 1.165) is 17.7 Å². The molecule has 0 heterocycles. The monoisotopic (exact) mass is 323 g/mol. The average molecular weight is 323 g/mol. The van der Waals surface area contributed by atoms with E-state index < -0.39 is 17.7 Å². The fourth-order valence-electron chi connectivity index (χ4n) is 2.32. The van der Waals surface area contributed by atoms with Crippen LogP contribution >= 0.6 is 0 Å². The summed E-state index contributed by atoms with van der Waals surface area (Å²) in [5.41, 5.74) is 1.03. The van der Waals surface area contributed by atoms with E-state index in [-0.39, 0.29) is 5.56 Å². The third-order valence-corrected chi connectivity index (χ3v) is 3.34. The highest BCUT2D eigenvalue weighted by Crippen LogP contribution is 2.32. The van der Waals surface area contributed by atoms with Gasteiger partial charge >= 0.3 is 12.1 Å². The van der Waals surface area contributed by atoms with Gasteiger partial charge in [-0.2, -0.15) is 13.2 Å². The molecular formula is C17H16F3NO2. The third-order valence-electron chi connectivity index (χ3n) is 3.34. The van der Waals surface area contributed by atoms with Crippen LogP contribution in [-0.2, 0) is 12.7 Å². The highest BCUT2D eigenvalue weighted by Gasteiger charge is 2.30. The van der Waals surface area contributed by atoms with E-state index in [1.807, 2.05) is 19.0 Å². The molecule has 3 nitrogen and oxygen atoms in total. The molecule has 0 saturated heterocycles. The first-order valence-electron chi connectivity index (χ1n) is 6.87. The van der Waals surface area contributed by atoms with Crippen molar-refractivity contribution >= 4 is 5.97 Å². The Labute approximate surface area is 132 Å². The van der Waals surface area contributed by atoms with E-state index in [2.05, 4.69) is 0 Å². The predicted octanol–water partition coefficient (Wildman–Crippen LogP) is 4.13. The molecule has 2 aromatic carbocycles. The van der Waals surface area contributed by atoms with Gasteiger partial charge in [0, 0.05) is 6.54 Å². The van der Waals surface area contributed by atoms with Gasteiger partial charge in [-0.15, -0.1) is 0 Å². The van der Waals surface area contributed by atoms with Crippen LogP contribution in [0.2, 0.25) is 0 Å². The molecule has 2 rings (SSSR count). The fraction of sp³-hybridized carbons (Fsp3) is 0.235. The number of halogens is 3. The highest BCUT2D eigenvalue weighted by atomic mass is 19.4. The number of alkyl halides is 3. The maximum atomic E-state index is 12.6. The van der Waals surface area contributed by atoms with Crippen LogP contribution < -0.4 is 0 Å². The second-order valence-electron chi connectivity index (χ2n) is 5.50. The van der Waals surface area contributed by atoms with Crippen molar-refractivity contribution in [3.05, 3.63) is 59.2 Å². The Hall–Kier alpha value is -2.34. The number of carboxylic acids is 1. The van der Waals surface area contributed by atoms with E-state index in [1.54, 1.807) is 12.1 Å². The van der Waals surface area contributed by atoms with E-state index >= 15 is 0 Å². The standard InChI is InChI=1S/C17H16F3NO2/c1-21(2)10-11-3-8-14(16(22)23)15(9-11)12-4-6-13(7-5-12)17(18,19)20/h3-9H,10H2,1-2H3,(H,22,23). The first-order valence-corrected chi connectivity index (χ1v) is 6.87. The fourth-order valence-corrected chi connectivity index (χ4v) is 2.32. The maximum Gasteiger partial charge on any atom is 0.416 e. The zero-order valence-electron chi connectivity index (χ0n) is 12.7. The number of nitrogens with zero attached hydrogens (tertiary/aromatic N) is 1. The number of benzene rings is 2. The molecule has 6 heteroatoms. The molecule has 23 heavy (non-hydrogen) atoms. The predicted molar refractivity (Wildman–Crippen MR) is 81.2 cm³/mol. The summed E-state index contributed by atoms with van der Waals surface area (Å²) >= 11 is 0. The minimum Gasteiger partial charge on any atom is -0.478 e. The van der Waals surface area contributed by atoms with Crippen LogP contribution in [-0.4, -0.2) is 30.1 Å². The second kappa shape index (κ2) is 6.42. The Bertz CT molecular complexity index is 707. The molecule has 0 bridgehead atoms. The first-order chi connectivity index (χ1) is 10.7. The van der Waals surface area contributed by atoms with Crippen LogP contribution in [0.1, 0.15) is 21.5 Å². The van der Waals surface area contributed by atoms with Crippen LogP contribution in [0.4, 0.5) is 13.2 Å². The zero-order valence-corrected chi connectivity index (χ0v) is 12.7. The van der Waals surface area contributed by atoms with Crippen molar-refractivity contribution in [1.82, 2.24) is 4.90 Å². The van der Waals surface area contributed by atoms with Gasteiger partial charge in [0.2, 0.25) is 0 Å². The molecule has 0 aliphatic heterocycles. The number of rotatable bonds is 4. The van der Waals surface area contributed by atoms with Gasteiger partial charge in [0.25, 0.3) is 0 Å². The molecule has 0 amide bonds. The molecule has 0 fully saturated rings. The molecule has 0 unspecified atom stereocenters. The smallest absolute Gasteiger partial charge is 0.416 e. The van der Waals surface area contributed by atoms with E-state index in [4.69, 9.17) is 0 Å². The van der Waals surface area contributed by atoms with Crippen LogP contribution in [0.5, 0.6) is 0 Å².